The van der Waals surface area contributed by atoms with Gasteiger partial charge in [-0.05, 0) is 30.7 Å². The quantitative estimate of drug-likeness (QED) is 0.557. The normalized spacial score (nSPS) is 11.6. The van der Waals surface area contributed by atoms with E-state index in [1.165, 1.54) is 30.8 Å². The van der Waals surface area contributed by atoms with Crippen LogP contribution in [0, 0.1) is 0 Å². The van der Waals surface area contributed by atoms with Gasteiger partial charge in [0.1, 0.15) is 23.9 Å². The Morgan fingerprint density at radius 1 is 1.13 bits per heavy atom. The Kier molecular flexibility index (Phi) is 7.68. The van der Waals surface area contributed by atoms with Crippen LogP contribution in [0.5, 0.6) is 5.75 Å². The van der Waals surface area contributed by atoms with Crippen LogP contribution in [0.4, 0.5) is 11.5 Å². The van der Waals surface area contributed by atoms with Crippen molar-refractivity contribution in [3.05, 3.63) is 45.1 Å². The molecule has 0 saturated carbocycles. The number of aromatic nitrogens is 2. The highest BCUT2D eigenvalue weighted by Crippen LogP contribution is 2.19. The average molecular weight is 440 g/mol. The van der Waals surface area contributed by atoms with E-state index >= 15 is 0 Å². The maximum Gasteiger partial charge on any atom is 0.330 e. The largest absolute Gasteiger partial charge is 0.492 e. The van der Waals surface area contributed by atoms with Crippen molar-refractivity contribution in [2.75, 3.05) is 44.9 Å². The first-order valence-electron chi connectivity index (χ1n) is 9.58. The van der Waals surface area contributed by atoms with E-state index in [4.69, 9.17) is 10.5 Å². The number of benzene rings is 1. The van der Waals surface area contributed by atoms with Crippen LogP contribution in [0.3, 0.4) is 0 Å². The lowest BCUT2D eigenvalue weighted by molar-refractivity contribution is 0.325. The molecule has 0 fully saturated rings. The van der Waals surface area contributed by atoms with Crippen LogP contribution >= 0.6 is 0 Å². The summed E-state index contributed by atoms with van der Waals surface area (Å²) in [6.45, 7) is 2.98. The summed E-state index contributed by atoms with van der Waals surface area (Å²) in [6, 6.07) is 6.09. The lowest BCUT2D eigenvalue weighted by Gasteiger charge is -2.22. The van der Waals surface area contributed by atoms with Crippen LogP contribution in [0.25, 0.3) is 0 Å². The Balaban J connectivity index is 2.07. The first-order chi connectivity index (χ1) is 14.1. The van der Waals surface area contributed by atoms with Gasteiger partial charge in [-0.15, -0.1) is 0 Å². The van der Waals surface area contributed by atoms with Crippen molar-refractivity contribution in [3.63, 3.8) is 0 Å². The van der Waals surface area contributed by atoms with Crippen molar-refractivity contribution >= 4 is 21.5 Å². The van der Waals surface area contributed by atoms with Crippen molar-refractivity contribution in [1.29, 1.82) is 0 Å². The molecular formula is C19H29N5O5S. The fourth-order valence-electron chi connectivity index (χ4n) is 2.82. The first kappa shape index (κ1) is 23.5. The van der Waals surface area contributed by atoms with Gasteiger partial charge in [0.05, 0.1) is 11.4 Å². The number of aromatic amines is 1. The number of sulfonamides is 1. The second-order valence-corrected chi connectivity index (χ2v) is 9.18. The number of hydrogen-bond acceptors (Lipinski definition) is 7. The number of H-pyrrole nitrogens is 1. The molecule has 2 aromatic rings. The average Bonchev–Trinajstić information content (AvgIpc) is 2.68. The van der Waals surface area contributed by atoms with Crippen molar-refractivity contribution < 1.29 is 13.2 Å². The molecule has 0 atom stereocenters. The SMILES string of the molecule is CCCCn1c(N)c(N(C)CCOc2ccc(S(=O)(=O)N(C)C)cc2)c(=O)[nH]c1=O. The third kappa shape index (κ3) is 5.22. The van der Waals surface area contributed by atoms with E-state index in [0.717, 1.165) is 17.1 Å². The molecule has 166 valence electrons. The molecule has 10 nitrogen and oxygen atoms in total. The summed E-state index contributed by atoms with van der Waals surface area (Å²) in [6.07, 6.45) is 1.65. The summed E-state index contributed by atoms with van der Waals surface area (Å²) in [5.41, 5.74) is 5.23. The van der Waals surface area contributed by atoms with Crippen molar-refractivity contribution in [2.45, 2.75) is 31.2 Å². The van der Waals surface area contributed by atoms with Gasteiger partial charge >= 0.3 is 5.69 Å². The van der Waals surface area contributed by atoms with Gasteiger partial charge in [0.25, 0.3) is 5.56 Å². The van der Waals surface area contributed by atoms with E-state index in [-0.39, 0.29) is 23.0 Å². The Hall–Kier alpha value is -2.79. The summed E-state index contributed by atoms with van der Waals surface area (Å²) in [5, 5.41) is 0. The highest BCUT2D eigenvalue weighted by atomic mass is 32.2. The third-order valence-corrected chi connectivity index (χ3v) is 6.46. The summed E-state index contributed by atoms with van der Waals surface area (Å²) >= 11 is 0. The van der Waals surface area contributed by atoms with Crippen LogP contribution in [0.2, 0.25) is 0 Å². The highest BCUT2D eigenvalue weighted by molar-refractivity contribution is 7.89. The molecule has 11 heteroatoms. The summed E-state index contributed by atoms with van der Waals surface area (Å²) < 4.78 is 32.3. The van der Waals surface area contributed by atoms with Gasteiger partial charge in [0, 0.05) is 27.7 Å². The number of unbranched alkanes of at least 4 members (excludes halogenated alkanes) is 1. The van der Waals surface area contributed by atoms with Gasteiger partial charge in [-0.3, -0.25) is 14.3 Å². The molecule has 0 aliphatic rings. The van der Waals surface area contributed by atoms with Crippen LogP contribution in [0.15, 0.2) is 38.8 Å². The lowest BCUT2D eigenvalue weighted by Crippen LogP contribution is -2.38. The zero-order valence-electron chi connectivity index (χ0n) is 17.7. The minimum absolute atomic E-state index is 0.123. The molecule has 0 amide bonds. The Bertz CT molecular complexity index is 1070. The molecule has 0 aliphatic heterocycles. The van der Waals surface area contributed by atoms with Crippen LogP contribution in [-0.2, 0) is 16.6 Å². The van der Waals surface area contributed by atoms with Crippen LogP contribution in [0.1, 0.15) is 19.8 Å². The number of nitrogens with one attached hydrogen (secondary N) is 1. The van der Waals surface area contributed by atoms with E-state index in [1.807, 2.05) is 6.92 Å². The van der Waals surface area contributed by atoms with Crippen molar-refractivity contribution in [1.82, 2.24) is 13.9 Å². The lowest BCUT2D eigenvalue weighted by atomic mass is 10.3. The minimum Gasteiger partial charge on any atom is -0.492 e. The number of anilines is 2. The second kappa shape index (κ2) is 9.81. The highest BCUT2D eigenvalue weighted by Gasteiger charge is 2.18. The minimum atomic E-state index is -3.50. The number of nitrogen functional groups attached to an aromatic ring is 1. The summed E-state index contributed by atoms with van der Waals surface area (Å²) in [5.74, 6) is 0.619. The maximum atomic E-state index is 12.3. The van der Waals surface area contributed by atoms with E-state index in [2.05, 4.69) is 4.98 Å². The molecule has 1 heterocycles. The zero-order chi connectivity index (χ0) is 22.5. The van der Waals surface area contributed by atoms with Gasteiger partial charge in [0.15, 0.2) is 0 Å². The molecule has 0 spiro atoms. The molecule has 0 saturated heterocycles. The molecule has 2 rings (SSSR count). The summed E-state index contributed by atoms with van der Waals surface area (Å²) in [4.78, 5) is 28.4. The first-order valence-corrected chi connectivity index (χ1v) is 11.0. The fourth-order valence-corrected chi connectivity index (χ4v) is 3.72. The van der Waals surface area contributed by atoms with E-state index in [1.54, 1.807) is 24.1 Å². The maximum absolute atomic E-state index is 12.3. The van der Waals surface area contributed by atoms with Gasteiger partial charge in [-0.2, -0.15) is 0 Å². The molecule has 30 heavy (non-hydrogen) atoms. The van der Waals surface area contributed by atoms with E-state index < -0.39 is 21.3 Å². The monoisotopic (exact) mass is 439 g/mol. The zero-order valence-corrected chi connectivity index (χ0v) is 18.5. The number of nitrogens with two attached hydrogens (primary N) is 1. The van der Waals surface area contributed by atoms with Gasteiger partial charge in [-0.1, -0.05) is 13.3 Å². The molecular weight excluding hydrogens is 410 g/mol. The predicted molar refractivity (Wildman–Crippen MR) is 117 cm³/mol. The molecule has 0 radical (unpaired) electrons. The van der Waals surface area contributed by atoms with Crippen LogP contribution in [-0.4, -0.2) is 56.6 Å². The predicted octanol–water partition coefficient (Wildman–Crippen LogP) is 0.684. The number of likely N-dealkylation sites (N-methyl/N-ethyl adjacent to an activating group) is 1. The number of ether oxygens (including phenoxy) is 1. The second-order valence-electron chi connectivity index (χ2n) is 7.03. The van der Waals surface area contributed by atoms with Crippen molar-refractivity contribution in [2.24, 2.45) is 0 Å². The number of nitrogens with zero attached hydrogens (tertiary/aromatic N) is 3. The molecule has 1 aromatic carbocycles. The standard InChI is InChI=1S/C19H29N5O5S/c1-5-6-11-24-17(20)16(18(25)21-19(24)26)23(4)12-13-29-14-7-9-15(10-8-14)30(27,28)22(2)3/h7-10H,5-6,11-13,20H2,1-4H3,(H,21,25,26). The number of hydrogen-bond donors (Lipinski definition) is 2. The Labute approximate surface area is 175 Å². The summed E-state index contributed by atoms with van der Waals surface area (Å²) in [7, 11) is 1.12. The molecule has 0 aliphatic carbocycles. The Morgan fingerprint density at radius 3 is 2.33 bits per heavy atom. The van der Waals surface area contributed by atoms with Crippen molar-refractivity contribution in [3.8, 4) is 5.75 Å². The molecule has 0 unspecified atom stereocenters. The molecule has 3 N–H and O–H groups in total. The van der Waals surface area contributed by atoms with E-state index in [0.29, 0.717) is 18.8 Å². The fraction of sp³-hybridized carbons (Fsp3) is 0.474. The molecule has 1 aromatic heterocycles. The number of rotatable bonds is 10. The van der Waals surface area contributed by atoms with Gasteiger partial charge < -0.3 is 15.4 Å². The smallest absolute Gasteiger partial charge is 0.330 e. The van der Waals surface area contributed by atoms with Crippen LogP contribution < -0.4 is 26.6 Å². The van der Waals surface area contributed by atoms with Gasteiger partial charge in [-0.25, -0.2) is 17.5 Å². The Morgan fingerprint density at radius 2 is 1.77 bits per heavy atom. The van der Waals surface area contributed by atoms with E-state index in [9.17, 15) is 18.0 Å². The molecule has 0 bridgehead atoms. The van der Waals surface area contributed by atoms with Gasteiger partial charge in [0.2, 0.25) is 10.0 Å². The third-order valence-electron chi connectivity index (χ3n) is 4.63. The topological polar surface area (TPSA) is 131 Å².